The lowest BCUT2D eigenvalue weighted by Crippen LogP contribution is -2.33. The second-order valence-electron chi connectivity index (χ2n) is 8.49. The van der Waals surface area contributed by atoms with Crippen LogP contribution in [0.1, 0.15) is 62.3 Å². The summed E-state index contributed by atoms with van der Waals surface area (Å²) in [7, 11) is 0. The molecule has 1 aromatic carbocycles. The van der Waals surface area contributed by atoms with Crippen molar-refractivity contribution in [2.24, 2.45) is 5.92 Å². The molecular formula is C20H29NO2. The zero-order valence-electron chi connectivity index (χ0n) is 15.0. The van der Waals surface area contributed by atoms with Gasteiger partial charge in [-0.2, -0.15) is 0 Å². The van der Waals surface area contributed by atoms with Gasteiger partial charge in [-0.3, -0.25) is 9.69 Å². The molecule has 3 rings (SSSR count). The van der Waals surface area contributed by atoms with Crippen molar-refractivity contribution in [3.8, 4) is 0 Å². The van der Waals surface area contributed by atoms with Gasteiger partial charge in [0.15, 0.2) is 0 Å². The molecule has 0 saturated carbocycles. The highest BCUT2D eigenvalue weighted by Gasteiger charge is 2.49. The average molecular weight is 315 g/mol. The Balaban J connectivity index is 1.86. The van der Waals surface area contributed by atoms with Crippen molar-refractivity contribution in [1.29, 1.82) is 0 Å². The van der Waals surface area contributed by atoms with Gasteiger partial charge < -0.3 is 5.11 Å². The first kappa shape index (κ1) is 16.5. The zero-order chi connectivity index (χ0) is 16.9. The van der Waals surface area contributed by atoms with Crippen molar-refractivity contribution < 1.29 is 9.90 Å². The van der Waals surface area contributed by atoms with Crippen LogP contribution in [-0.4, -0.2) is 28.1 Å². The van der Waals surface area contributed by atoms with Gasteiger partial charge in [-0.1, -0.05) is 32.9 Å². The Bertz CT molecular complexity index is 606. The summed E-state index contributed by atoms with van der Waals surface area (Å²) in [4.78, 5) is 13.9. The minimum Gasteiger partial charge on any atom is -0.481 e. The third-order valence-electron chi connectivity index (χ3n) is 5.90. The number of hydrogen-bond donors (Lipinski definition) is 1. The maximum Gasteiger partial charge on any atom is 0.308 e. The molecule has 0 amide bonds. The smallest absolute Gasteiger partial charge is 0.308 e. The Morgan fingerprint density at radius 1 is 1.22 bits per heavy atom. The first-order valence-corrected chi connectivity index (χ1v) is 8.77. The van der Waals surface area contributed by atoms with Crippen LogP contribution >= 0.6 is 0 Å². The Morgan fingerprint density at radius 3 is 2.30 bits per heavy atom. The molecule has 23 heavy (non-hydrogen) atoms. The molecule has 0 aliphatic carbocycles. The van der Waals surface area contributed by atoms with E-state index in [0.29, 0.717) is 6.04 Å². The fourth-order valence-electron chi connectivity index (χ4n) is 4.47. The van der Waals surface area contributed by atoms with Gasteiger partial charge in [-0.05, 0) is 60.8 Å². The van der Waals surface area contributed by atoms with Crippen molar-refractivity contribution >= 4 is 5.97 Å². The molecule has 1 N–H and O–H groups in total. The summed E-state index contributed by atoms with van der Waals surface area (Å²) < 4.78 is 0. The van der Waals surface area contributed by atoms with E-state index >= 15 is 0 Å². The Labute approximate surface area is 139 Å². The largest absolute Gasteiger partial charge is 0.481 e. The summed E-state index contributed by atoms with van der Waals surface area (Å²) >= 11 is 0. The van der Waals surface area contributed by atoms with Crippen molar-refractivity contribution in [3.63, 3.8) is 0 Å². The van der Waals surface area contributed by atoms with Crippen LogP contribution in [0.15, 0.2) is 12.1 Å². The van der Waals surface area contributed by atoms with E-state index in [1.807, 2.05) is 0 Å². The lowest BCUT2D eigenvalue weighted by atomic mass is 9.83. The molecule has 3 nitrogen and oxygen atoms in total. The van der Waals surface area contributed by atoms with Crippen LogP contribution < -0.4 is 0 Å². The lowest BCUT2D eigenvalue weighted by Gasteiger charge is -2.27. The van der Waals surface area contributed by atoms with E-state index in [0.717, 1.165) is 25.8 Å². The van der Waals surface area contributed by atoms with Gasteiger partial charge in [0, 0.05) is 18.6 Å². The topological polar surface area (TPSA) is 40.5 Å². The first-order valence-electron chi connectivity index (χ1n) is 8.77. The molecule has 3 atom stereocenters. The maximum atomic E-state index is 11.5. The number of fused-ring (bicyclic) bond motifs is 2. The monoisotopic (exact) mass is 315 g/mol. The summed E-state index contributed by atoms with van der Waals surface area (Å²) in [5.41, 5.74) is 5.61. The molecule has 0 aromatic heterocycles. The number of aryl methyl sites for hydroxylation is 2. The normalized spacial score (nSPS) is 27.6. The molecule has 2 fully saturated rings. The Kier molecular flexibility index (Phi) is 4.04. The highest BCUT2D eigenvalue weighted by Crippen LogP contribution is 2.43. The molecule has 1 aromatic rings. The summed E-state index contributed by atoms with van der Waals surface area (Å²) in [5, 5.41) is 9.43. The zero-order valence-corrected chi connectivity index (χ0v) is 15.0. The maximum absolute atomic E-state index is 11.5. The predicted molar refractivity (Wildman–Crippen MR) is 92.7 cm³/mol. The first-order chi connectivity index (χ1) is 10.7. The molecule has 3 heteroatoms. The van der Waals surface area contributed by atoms with E-state index in [2.05, 4.69) is 51.7 Å². The van der Waals surface area contributed by atoms with Gasteiger partial charge in [0.1, 0.15) is 0 Å². The van der Waals surface area contributed by atoms with Crippen LogP contribution in [0.2, 0.25) is 0 Å². The number of rotatable bonds is 3. The third kappa shape index (κ3) is 2.91. The fraction of sp³-hybridized carbons (Fsp3) is 0.650. The molecular weight excluding hydrogens is 286 g/mol. The van der Waals surface area contributed by atoms with Crippen LogP contribution in [0.4, 0.5) is 0 Å². The van der Waals surface area contributed by atoms with Crippen molar-refractivity contribution in [1.82, 2.24) is 4.90 Å². The number of benzene rings is 1. The van der Waals surface area contributed by atoms with Crippen LogP contribution in [-0.2, 0) is 16.8 Å². The lowest BCUT2D eigenvalue weighted by molar-refractivity contribution is -0.142. The SMILES string of the molecule is Cc1cc(C(C)(C)C)cc(C)c1CN1C2CCC1C(C(=O)O)C2. The van der Waals surface area contributed by atoms with E-state index in [-0.39, 0.29) is 17.4 Å². The highest BCUT2D eigenvalue weighted by atomic mass is 16.4. The standard InChI is InChI=1S/C20H29NO2/c1-12-8-14(20(3,4)5)9-13(2)17(12)11-21-15-6-7-18(21)16(10-15)19(22)23/h8-9,15-16,18H,6-7,10-11H2,1-5H3,(H,22,23). The van der Waals surface area contributed by atoms with Crippen molar-refractivity contribution in [3.05, 3.63) is 34.4 Å². The molecule has 0 radical (unpaired) electrons. The minimum absolute atomic E-state index is 0.162. The van der Waals surface area contributed by atoms with Gasteiger partial charge in [-0.25, -0.2) is 0 Å². The number of aliphatic carboxylic acids is 1. The molecule has 2 saturated heterocycles. The number of carbonyl (C=O) groups is 1. The molecule has 2 aliphatic rings. The Morgan fingerprint density at radius 2 is 1.83 bits per heavy atom. The highest BCUT2D eigenvalue weighted by molar-refractivity contribution is 5.71. The molecule has 126 valence electrons. The van der Waals surface area contributed by atoms with E-state index in [1.165, 1.54) is 22.3 Å². The van der Waals surface area contributed by atoms with Crippen molar-refractivity contribution in [2.45, 2.75) is 77.9 Å². The van der Waals surface area contributed by atoms with Gasteiger partial charge in [-0.15, -0.1) is 0 Å². The quantitative estimate of drug-likeness (QED) is 0.915. The van der Waals surface area contributed by atoms with Crippen LogP contribution in [0.3, 0.4) is 0 Å². The van der Waals surface area contributed by atoms with Gasteiger partial charge in [0.05, 0.1) is 5.92 Å². The summed E-state index contributed by atoms with van der Waals surface area (Å²) in [5.74, 6) is -0.776. The second-order valence-corrected chi connectivity index (χ2v) is 8.49. The molecule has 3 unspecified atom stereocenters. The van der Waals surface area contributed by atoms with E-state index in [4.69, 9.17) is 0 Å². The van der Waals surface area contributed by atoms with Gasteiger partial charge in [0.25, 0.3) is 0 Å². The summed E-state index contributed by atoms with van der Waals surface area (Å²) in [6.45, 7) is 12.0. The number of hydrogen-bond acceptors (Lipinski definition) is 2. The fourth-order valence-corrected chi connectivity index (χ4v) is 4.47. The molecule has 2 bridgehead atoms. The van der Waals surface area contributed by atoms with Gasteiger partial charge in [0.2, 0.25) is 0 Å². The van der Waals surface area contributed by atoms with Crippen LogP contribution in [0.5, 0.6) is 0 Å². The predicted octanol–water partition coefficient (Wildman–Crippen LogP) is 4.04. The van der Waals surface area contributed by atoms with E-state index < -0.39 is 5.97 Å². The van der Waals surface area contributed by atoms with E-state index in [1.54, 1.807) is 0 Å². The Hall–Kier alpha value is -1.35. The minimum atomic E-state index is -0.612. The van der Waals surface area contributed by atoms with E-state index in [9.17, 15) is 9.90 Å². The van der Waals surface area contributed by atoms with Crippen LogP contribution in [0.25, 0.3) is 0 Å². The summed E-state index contributed by atoms with van der Waals surface area (Å²) in [6.07, 6.45) is 3.03. The number of carboxylic acid groups (broad SMARTS) is 1. The number of carboxylic acids is 1. The third-order valence-corrected chi connectivity index (χ3v) is 5.90. The molecule has 2 aliphatic heterocycles. The number of nitrogens with zero attached hydrogens (tertiary/aromatic N) is 1. The second kappa shape index (κ2) is 5.62. The summed E-state index contributed by atoms with van der Waals surface area (Å²) in [6, 6.07) is 5.32. The van der Waals surface area contributed by atoms with Crippen molar-refractivity contribution in [2.75, 3.05) is 0 Å². The van der Waals surface area contributed by atoms with Gasteiger partial charge >= 0.3 is 5.97 Å². The molecule has 0 spiro atoms. The van der Waals surface area contributed by atoms with Crippen LogP contribution in [0, 0.1) is 19.8 Å². The average Bonchev–Trinajstić information content (AvgIpc) is 2.98. The molecule has 2 heterocycles.